The number of guanidine groups is 1. The number of fused-ring (bicyclic) bond motifs is 1. The maximum Gasteiger partial charge on any atom is 0.264 e. The number of aromatic nitrogens is 3. The number of hydrogen-bond acceptors (Lipinski definition) is 17. The van der Waals surface area contributed by atoms with E-state index in [1.54, 1.807) is 65.1 Å². The van der Waals surface area contributed by atoms with Gasteiger partial charge in [0.1, 0.15) is 65.9 Å². The molecule has 31 nitrogen and oxygen atoms in total. The van der Waals surface area contributed by atoms with Gasteiger partial charge in [-0.15, -0.1) is 0 Å². The Labute approximate surface area is 567 Å². The average molecular weight is 1380 g/mol. The number of carbonyl (C=O) groups is 10. The summed E-state index contributed by atoms with van der Waals surface area (Å²) in [5.74, 6) is -7.95. The number of imidazole rings is 1. The molecule has 2 fully saturated rings. The number of ether oxygens (including phenoxy) is 1. The first-order chi connectivity index (χ1) is 46.7. The highest BCUT2D eigenvalue weighted by atomic mass is 32.2. The molecule has 2 aliphatic heterocycles. The molecule has 3 aromatic carbocycles. The highest BCUT2D eigenvalue weighted by molar-refractivity contribution is 7.90. The van der Waals surface area contributed by atoms with Crippen molar-refractivity contribution in [3.63, 3.8) is 0 Å². The summed E-state index contributed by atoms with van der Waals surface area (Å²) in [5.41, 5.74) is 8.15. The Morgan fingerprint density at radius 1 is 0.714 bits per heavy atom. The van der Waals surface area contributed by atoms with E-state index in [0.29, 0.717) is 52.9 Å². The Kier molecular flexibility index (Phi) is 27.5. The minimum atomic E-state index is -4.15. The van der Waals surface area contributed by atoms with E-state index < -0.39 is 124 Å². The number of nitrogens with one attached hydrogen (secondary N) is 12. The van der Waals surface area contributed by atoms with Crippen molar-refractivity contribution < 1.29 is 71.3 Å². The number of aliphatic hydroxyl groups is 1. The van der Waals surface area contributed by atoms with E-state index in [-0.39, 0.29) is 105 Å². The molecule has 32 heteroatoms. The zero-order chi connectivity index (χ0) is 71.2. The number of methoxy groups -OCH3 is 1. The quantitative estimate of drug-likeness (QED) is 0.0139. The number of aliphatic hydroxyl groups excluding tert-OH is 1. The largest absolute Gasteiger partial charge is 0.508 e. The van der Waals surface area contributed by atoms with Gasteiger partial charge in [-0.05, 0) is 117 Å². The molecule has 98 heavy (non-hydrogen) atoms. The molecule has 16 N–H and O–H groups in total. The predicted molar refractivity (Wildman–Crippen MR) is 359 cm³/mol. The number of phenolic OH excluding ortho intramolecular Hbond substituents is 1. The number of carbonyl (C=O) groups excluding carboxylic acids is 10. The first kappa shape index (κ1) is 75.3. The van der Waals surface area contributed by atoms with Crippen LogP contribution in [-0.2, 0) is 77.2 Å². The number of aromatic hydroxyl groups is 1. The molecular weight excluding hydrogens is 1290 g/mol. The van der Waals surface area contributed by atoms with Crippen LogP contribution in [-0.4, -0.2) is 191 Å². The molecule has 10 amide bonds. The highest BCUT2D eigenvalue weighted by Gasteiger charge is 2.40. The van der Waals surface area contributed by atoms with Gasteiger partial charge < -0.3 is 83.4 Å². The van der Waals surface area contributed by atoms with Crippen LogP contribution in [0.4, 0.5) is 0 Å². The van der Waals surface area contributed by atoms with Crippen molar-refractivity contribution in [2.75, 3.05) is 33.4 Å². The maximum atomic E-state index is 14.8. The number of amides is 10. The third-order valence-electron chi connectivity index (χ3n) is 16.5. The number of phenols is 1. The standard InChI is InChI=1S/C66H90N16O15S/c1-7-69-64(93)55-15-11-27-82(55)65(94)48(14-10-26-70-66(67)81-98(95,96)44-22-20-43(97-6)21-23-44)74-58(87)49(28-37(2)3)75-59(88)50(29-38(4)5)76-60(89)51(30-39-16-18-42(84)19-17-39)77-63(92)54(35-83)80-61(90)52(31-40-33-71-46-13-9-8-12-45(40)46)78-62(91)53(32-41-34-68-36-72-41)79-57(86)47-24-25-56(85)73-47/h8-9,12-13,16-23,33-34,36-38,47-55,71,83-84H,7,10-11,14-15,24-32,35H2,1-6H3,(H,68,72)(H,69,93)(H,73,85)(H,74,87)(H,75,88)(H,76,89)(H,77,92)(H,78,91)(H,79,86)(H,80,90)(H3,67,70,81)/t47-,48-,49-,50+,51-,52-,53-,54-,55-/m0/s1. The zero-order valence-electron chi connectivity index (χ0n) is 55.6. The van der Waals surface area contributed by atoms with Gasteiger partial charge in [0, 0.05) is 74.3 Å². The molecule has 2 saturated heterocycles. The van der Waals surface area contributed by atoms with E-state index in [9.17, 15) is 66.6 Å². The molecule has 0 radical (unpaired) electrons. The number of benzene rings is 3. The van der Waals surface area contributed by atoms with E-state index in [1.165, 1.54) is 73.1 Å². The van der Waals surface area contributed by atoms with E-state index >= 15 is 0 Å². The molecule has 530 valence electrons. The van der Waals surface area contributed by atoms with Gasteiger partial charge in [0.2, 0.25) is 65.0 Å². The first-order valence-electron chi connectivity index (χ1n) is 32.6. The second kappa shape index (κ2) is 35.8. The van der Waals surface area contributed by atoms with Crippen LogP contribution in [0.3, 0.4) is 0 Å². The lowest BCUT2D eigenvalue weighted by Crippen LogP contribution is -2.61. The summed E-state index contributed by atoms with van der Waals surface area (Å²) >= 11 is 0. The topological polar surface area (TPSA) is 461 Å². The predicted octanol–water partition coefficient (Wildman–Crippen LogP) is -0.410. The van der Waals surface area contributed by atoms with Crippen molar-refractivity contribution in [2.24, 2.45) is 22.6 Å². The first-order valence-corrected chi connectivity index (χ1v) is 34.1. The smallest absolute Gasteiger partial charge is 0.264 e. The van der Waals surface area contributed by atoms with E-state index in [2.05, 4.69) is 72.5 Å². The SMILES string of the molecule is CCNC(=O)[C@@H]1CCCN1C(=O)[C@H](CCCN=C(N)NS(=O)(=O)c1ccc(OC)cc1)NC(=O)[C@H](CC(C)C)NC(=O)[C@@H](CC(C)C)NC(=O)[C@H](Cc1ccc(O)cc1)NC(=O)[C@H](CO)NC(=O)[C@H](Cc1c[nH]c2ccccc12)NC(=O)[C@H](Cc1cnc[nH]1)NC(=O)[C@@H]1CCC(=O)N1. The lowest BCUT2D eigenvalue weighted by molar-refractivity contribution is -0.142. The minimum Gasteiger partial charge on any atom is -0.508 e. The van der Waals surface area contributed by atoms with Crippen LogP contribution in [0.15, 0.2) is 101 Å². The molecule has 2 aromatic heterocycles. The van der Waals surface area contributed by atoms with Gasteiger partial charge in [0.15, 0.2) is 0 Å². The number of likely N-dealkylation sites (N-methyl/N-ethyl adjacent to an activating group) is 1. The summed E-state index contributed by atoms with van der Waals surface area (Å²) in [4.78, 5) is 157. The third-order valence-corrected chi connectivity index (χ3v) is 17.9. The van der Waals surface area contributed by atoms with Gasteiger partial charge in [-0.25, -0.2) is 18.1 Å². The second-order valence-electron chi connectivity index (χ2n) is 25.0. The molecule has 9 atom stereocenters. The number of likely N-dealkylation sites (tertiary alicyclic amines) is 1. The number of aliphatic imine (C=N–C) groups is 1. The molecule has 0 saturated carbocycles. The van der Waals surface area contributed by atoms with Crippen molar-refractivity contribution in [3.8, 4) is 11.5 Å². The monoisotopic (exact) mass is 1380 g/mol. The molecule has 2 aliphatic rings. The van der Waals surface area contributed by atoms with Crippen molar-refractivity contribution in [1.29, 1.82) is 0 Å². The van der Waals surface area contributed by atoms with E-state index in [0.717, 1.165) is 0 Å². The van der Waals surface area contributed by atoms with Gasteiger partial charge in [0.25, 0.3) is 10.0 Å². The number of H-pyrrole nitrogens is 2. The van der Waals surface area contributed by atoms with Gasteiger partial charge in [0.05, 0.1) is 24.9 Å². The lowest BCUT2D eigenvalue weighted by Gasteiger charge is -2.31. The average Bonchev–Trinajstić information content (AvgIpc) is 1.57. The van der Waals surface area contributed by atoms with Gasteiger partial charge >= 0.3 is 0 Å². The summed E-state index contributed by atoms with van der Waals surface area (Å²) in [6.07, 6.45) is 5.07. The summed E-state index contributed by atoms with van der Waals surface area (Å²) in [5, 5.41) is 45.9. The normalized spacial score (nSPS) is 16.9. The lowest BCUT2D eigenvalue weighted by atomic mass is 9.98. The van der Waals surface area contributed by atoms with Gasteiger partial charge in [-0.2, -0.15) is 0 Å². The van der Waals surface area contributed by atoms with Gasteiger partial charge in [-0.1, -0.05) is 58.0 Å². The van der Waals surface area contributed by atoms with E-state index in [1.807, 2.05) is 0 Å². The Morgan fingerprint density at radius 3 is 1.88 bits per heavy atom. The number of nitrogens with two attached hydrogens (primary N) is 1. The summed E-state index contributed by atoms with van der Waals surface area (Å²) < 4.78 is 33.5. The van der Waals surface area contributed by atoms with E-state index in [4.69, 9.17) is 10.5 Å². The van der Waals surface area contributed by atoms with Crippen LogP contribution in [0, 0.1) is 11.8 Å². The maximum absolute atomic E-state index is 14.8. The van der Waals surface area contributed by atoms with Crippen molar-refractivity contribution >= 4 is 86.0 Å². The number of nitrogens with zero attached hydrogens (tertiary/aromatic N) is 3. The Morgan fingerprint density at radius 2 is 1.30 bits per heavy atom. The number of sulfonamides is 1. The van der Waals surface area contributed by atoms with Crippen LogP contribution in [0.5, 0.6) is 11.5 Å². The molecule has 7 rings (SSSR count). The van der Waals surface area contributed by atoms with Crippen LogP contribution in [0.2, 0.25) is 0 Å². The summed E-state index contributed by atoms with van der Waals surface area (Å²) in [7, 11) is -2.72. The number of aromatic amines is 2. The van der Waals surface area contributed by atoms with Crippen LogP contribution >= 0.6 is 0 Å². The fourth-order valence-electron chi connectivity index (χ4n) is 11.5. The molecule has 0 bridgehead atoms. The second-order valence-corrected chi connectivity index (χ2v) is 26.7. The fraction of sp³-hybridized carbons (Fsp3) is 0.485. The molecule has 0 aliphatic carbocycles. The van der Waals surface area contributed by atoms with Crippen molar-refractivity contribution in [2.45, 2.75) is 165 Å². The number of hydrogen-bond donors (Lipinski definition) is 15. The highest BCUT2D eigenvalue weighted by Crippen LogP contribution is 2.23. The van der Waals surface area contributed by atoms with Crippen LogP contribution in [0.1, 0.15) is 103 Å². The van der Waals surface area contributed by atoms with Crippen LogP contribution in [0.25, 0.3) is 10.9 Å². The van der Waals surface area contributed by atoms with Crippen molar-refractivity contribution in [1.82, 2.24) is 72.4 Å². The molecule has 0 spiro atoms. The molecular formula is C66H90N16O15S. The third kappa shape index (κ3) is 21.7. The minimum absolute atomic E-state index is 0.00686. The molecule has 5 aromatic rings. The Bertz CT molecular complexity index is 3730. The fourth-order valence-corrected chi connectivity index (χ4v) is 12.4. The zero-order valence-corrected chi connectivity index (χ0v) is 56.5. The number of rotatable bonds is 35. The summed E-state index contributed by atoms with van der Waals surface area (Å²) in [6.45, 7) is 8.27. The van der Waals surface area contributed by atoms with Crippen molar-refractivity contribution in [3.05, 3.63) is 108 Å². The van der Waals surface area contributed by atoms with Crippen LogP contribution < -0.4 is 63.0 Å². The summed E-state index contributed by atoms with van der Waals surface area (Å²) in [6, 6.07) is 6.52. The Hall–Kier alpha value is -10.1. The Balaban J connectivity index is 1.09. The number of para-hydroxylation sites is 1. The molecule has 4 heterocycles. The van der Waals surface area contributed by atoms with Gasteiger partial charge in [-0.3, -0.25) is 52.9 Å². The molecule has 0 unspecified atom stereocenters.